The summed E-state index contributed by atoms with van der Waals surface area (Å²) < 4.78 is 7.63. The lowest BCUT2D eigenvalue weighted by Gasteiger charge is -2.17. The van der Waals surface area contributed by atoms with E-state index in [2.05, 4.69) is 20.3 Å². The lowest BCUT2D eigenvalue weighted by atomic mass is 10.1. The number of nitrogens with zero attached hydrogens (tertiary/aromatic N) is 4. The second kappa shape index (κ2) is 7.49. The third kappa shape index (κ3) is 3.11. The van der Waals surface area contributed by atoms with Crippen molar-refractivity contribution in [2.75, 3.05) is 5.32 Å². The zero-order chi connectivity index (χ0) is 20.7. The van der Waals surface area contributed by atoms with Gasteiger partial charge in [-0.15, -0.1) is 0 Å². The van der Waals surface area contributed by atoms with Crippen molar-refractivity contribution < 1.29 is 14.9 Å². The maximum Gasteiger partial charge on any atom is 0.164 e. The summed E-state index contributed by atoms with van der Waals surface area (Å²) in [5.41, 5.74) is 3.33. The highest BCUT2D eigenvalue weighted by atomic mass is 16.6. The van der Waals surface area contributed by atoms with E-state index in [4.69, 9.17) is 4.74 Å². The standard InChI is InChI=1S/C22H21N5O3/c1-13-18(28)19(29)22(30-13)27-11-16(14-5-3-2-4-6-14)17-20(24-12-25-21(17)27)26-15-7-9-23-10-8-15/h2-13,18-19,22,28-29H,1H3,(H,23,24,25,26)/t13-,18+,19+,22+/m0/s1. The fourth-order valence-corrected chi connectivity index (χ4v) is 3.84. The van der Waals surface area contributed by atoms with Crippen molar-refractivity contribution in [2.24, 2.45) is 0 Å². The summed E-state index contributed by atoms with van der Waals surface area (Å²) in [5.74, 6) is 0.630. The van der Waals surface area contributed by atoms with Gasteiger partial charge in [0.2, 0.25) is 0 Å². The first-order valence-electron chi connectivity index (χ1n) is 9.73. The molecule has 1 aliphatic heterocycles. The van der Waals surface area contributed by atoms with Gasteiger partial charge in [0.25, 0.3) is 0 Å². The third-order valence-electron chi connectivity index (χ3n) is 5.39. The summed E-state index contributed by atoms with van der Waals surface area (Å²) >= 11 is 0. The van der Waals surface area contributed by atoms with Crippen LogP contribution < -0.4 is 5.32 Å². The summed E-state index contributed by atoms with van der Waals surface area (Å²) in [4.78, 5) is 13.0. The molecule has 0 amide bonds. The third-order valence-corrected chi connectivity index (χ3v) is 5.39. The Hall–Kier alpha value is -3.33. The zero-order valence-electron chi connectivity index (χ0n) is 16.3. The number of fused-ring (bicyclic) bond motifs is 1. The molecule has 3 aromatic heterocycles. The Morgan fingerprint density at radius 3 is 2.47 bits per heavy atom. The maximum absolute atomic E-state index is 10.6. The fraction of sp³-hybridized carbons (Fsp3) is 0.227. The number of aliphatic hydroxyl groups is 2. The Balaban J connectivity index is 1.70. The number of aromatic nitrogens is 4. The number of nitrogens with one attached hydrogen (secondary N) is 1. The van der Waals surface area contributed by atoms with Crippen LogP contribution in [-0.4, -0.2) is 48.0 Å². The van der Waals surface area contributed by atoms with Crippen molar-refractivity contribution in [2.45, 2.75) is 31.5 Å². The van der Waals surface area contributed by atoms with Crippen molar-refractivity contribution in [3.63, 3.8) is 0 Å². The smallest absolute Gasteiger partial charge is 0.164 e. The average Bonchev–Trinajstić information content (AvgIpc) is 3.29. The van der Waals surface area contributed by atoms with Gasteiger partial charge in [-0.05, 0) is 24.6 Å². The molecule has 4 atom stereocenters. The van der Waals surface area contributed by atoms with Crippen LogP contribution in [0, 0.1) is 0 Å². The van der Waals surface area contributed by atoms with Gasteiger partial charge in [0.1, 0.15) is 30.0 Å². The van der Waals surface area contributed by atoms with Crippen LogP contribution >= 0.6 is 0 Å². The Morgan fingerprint density at radius 1 is 1.00 bits per heavy atom. The van der Waals surface area contributed by atoms with Crippen LogP contribution in [0.5, 0.6) is 0 Å². The van der Waals surface area contributed by atoms with Gasteiger partial charge >= 0.3 is 0 Å². The number of hydrogen-bond donors (Lipinski definition) is 3. The fourth-order valence-electron chi connectivity index (χ4n) is 3.84. The van der Waals surface area contributed by atoms with Gasteiger partial charge in [0.15, 0.2) is 6.23 Å². The molecule has 0 radical (unpaired) electrons. The molecule has 3 N–H and O–H groups in total. The van der Waals surface area contributed by atoms with Gasteiger partial charge in [-0.2, -0.15) is 0 Å². The van der Waals surface area contributed by atoms with Crippen molar-refractivity contribution in [1.29, 1.82) is 0 Å². The highest BCUT2D eigenvalue weighted by Gasteiger charge is 2.42. The van der Waals surface area contributed by atoms with E-state index in [-0.39, 0.29) is 0 Å². The highest BCUT2D eigenvalue weighted by molar-refractivity contribution is 6.02. The van der Waals surface area contributed by atoms with E-state index >= 15 is 0 Å². The molecular weight excluding hydrogens is 382 g/mol. The first-order valence-corrected chi connectivity index (χ1v) is 9.73. The van der Waals surface area contributed by atoms with Gasteiger partial charge in [-0.25, -0.2) is 9.97 Å². The van der Waals surface area contributed by atoms with Crippen molar-refractivity contribution in [3.8, 4) is 11.1 Å². The van der Waals surface area contributed by atoms with E-state index < -0.39 is 24.5 Å². The number of hydrogen-bond acceptors (Lipinski definition) is 7. The number of benzene rings is 1. The number of ether oxygens (including phenoxy) is 1. The molecule has 1 fully saturated rings. The first-order chi connectivity index (χ1) is 14.6. The maximum atomic E-state index is 10.6. The van der Waals surface area contributed by atoms with Crippen LogP contribution in [0.25, 0.3) is 22.2 Å². The topological polar surface area (TPSA) is 105 Å². The molecule has 8 heteroatoms. The molecule has 8 nitrogen and oxygen atoms in total. The Kier molecular flexibility index (Phi) is 4.66. The molecule has 152 valence electrons. The van der Waals surface area contributed by atoms with E-state index in [1.165, 1.54) is 6.33 Å². The van der Waals surface area contributed by atoms with Gasteiger partial charge in [0.05, 0.1) is 11.5 Å². The monoisotopic (exact) mass is 403 g/mol. The van der Waals surface area contributed by atoms with E-state index in [0.717, 1.165) is 22.2 Å². The summed E-state index contributed by atoms with van der Waals surface area (Å²) in [6.07, 6.45) is 3.50. The molecule has 0 saturated carbocycles. The second-order valence-electron chi connectivity index (χ2n) is 7.31. The van der Waals surface area contributed by atoms with Crippen molar-refractivity contribution >= 4 is 22.5 Å². The summed E-state index contributed by atoms with van der Waals surface area (Å²) in [5, 5.41) is 24.9. The molecule has 1 aliphatic rings. The first kappa shape index (κ1) is 18.7. The molecule has 5 rings (SSSR count). The number of anilines is 2. The van der Waals surface area contributed by atoms with Crippen molar-refractivity contribution in [1.82, 2.24) is 19.5 Å². The normalized spacial score (nSPS) is 23.7. The van der Waals surface area contributed by atoms with E-state index in [1.807, 2.05) is 48.7 Å². The highest BCUT2D eigenvalue weighted by Crippen LogP contribution is 2.39. The van der Waals surface area contributed by atoms with Gasteiger partial charge < -0.3 is 24.8 Å². The molecule has 0 spiro atoms. The molecule has 4 aromatic rings. The Bertz CT molecular complexity index is 1170. The van der Waals surface area contributed by atoms with Crippen LogP contribution in [-0.2, 0) is 4.74 Å². The molecular formula is C22H21N5O3. The Morgan fingerprint density at radius 2 is 1.77 bits per heavy atom. The SMILES string of the molecule is C[C@@H]1O[C@@H](n2cc(-c3ccccc3)c3c(Nc4ccncc4)ncnc32)[C@H](O)[C@@H]1O. The van der Waals surface area contributed by atoms with Crippen LogP contribution in [0.1, 0.15) is 13.2 Å². The van der Waals surface area contributed by atoms with Gasteiger partial charge in [0, 0.05) is 29.8 Å². The predicted molar refractivity (Wildman–Crippen MR) is 112 cm³/mol. The van der Waals surface area contributed by atoms with E-state index in [9.17, 15) is 10.2 Å². The lowest BCUT2D eigenvalue weighted by Crippen LogP contribution is -2.30. The van der Waals surface area contributed by atoms with Crippen LogP contribution in [0.3, 0.4) is 0 Å². The van der Waals surface area contributed by atoms with Gasteiger partial charge in [-0.3, -0.25) is 4.98 Å². The van der Waals surface area contributed by atoms with Gasteiger partial charge in [-0.1, -0.05) is 30.3 Å². The minimum atomic E-state index is -1.06. The minimum absolute atomic E-state index is 0.487. The van der Waals surface area contributed by atoms with Crippen LogP contribution in [0.2, 0.25) is 0 Å². The quantitative estimate of drug-likeness (QED) is 0.481. The number of pyridine rings is 1. The molecule has 1 saturated heterocycles. The second-order valence-corrected chi connectivity index (χ2v) is 7.31. The summed E-state index contributed by atoms with van der Waals surface area (Å²) in [6.45, 7) is 1.74. The Labute approximate surface area is 172 Å². The summed E-state index contributed by atoms with van der Waals surface area (Å²) in [7, 11) is 0. The van der Waals surface area contributed by atoms with E-state index in [0.29, 0.717) is 11.5 Å². The molecule has 4 heterocycles. The number of rotatable bonds is 4. The van der Waals surface area contributed by atoms with Crippen LogP contribution in [0.15, 0.2) is 67.4 Å². The predicted octanol–water partition coefficient (Wildman–Crippen LogP) is 2.88. The molecule has 30 heavy (non-hydrogen) atoms. The minimum Gasteiger partial charge on any atom is -0.388 e. The molecule has 0 aliphatic carbocycles. The number of aliphatic hydroxyl groups excluding tert-OH is 2. The summed E-state index contributed by atoms with van der Waals surface area (Å²) in [6, 6.07) is 13.6. The largest absolute Gasteiger partial charge is 0.388 e. The molecule has 0 unspecified atom stereocenters. The lowest BCUT2D eigenvalue weighted by molar-refractivity contribution is -0.0295. The average molecular weight is 403 g/mol. The van der Waals surface area contributed by atoms with E-state index in [1.54, 1.807) is 23.9 Å². The zero-order valence-corrected chi connectivity index (χ0v) is 16.3. The van der Waals surface area contributed by atoms with Crippen LogP contribution in [0.4, 0.5) is 11.5 Å². The van der Waals surface area contributed by atoms with Crippen molar-refractivity contribution in [3.05, 3.63) is 67.4 Å². The molecule has 0 bridgehead atoms. The molecule has 1 aromatic carbocycles.